The van der Waals surface area contributed by atoms with Crippen molar-refractivity contribution in [1.82, 2.24) is 4.57 Å². The van der Waals surface area contributed by atoms with Crippen molar-refractivity contribution >= 4 is 17.0 Å². The third kappa shape index (κ3) is 2.84. The number of aliphatic hydroxyl groups is 1. The molecule has 0 amide bonds. The van der Waals surface area contributed by atoms with Crippen molar-refractivity contribution < 1.29 is 5.11 Å². The Morgan fingerprint density at radius 2 is 1.94 bits per heavy atom. The van der Waals surface area contributed by atoms with E-state index >= 15 is 0 Å². The van der Waals surface area contributed by atoms with Gasteiger partial charge in [-0.1, -0.05) is 17.7 Å². The average Bonchev–Trinajstić information content (AvgIpc) is 2.65. The number of hydrogen-bond donors (Lipinski definition) is 1. The van der Waals surface area contributed by atoms with E-state index < -0.39 is 0 Å². The van der Waals surface area contributed by atoms with Gasteiger partial charge in [-0.2, -0.15) is 0 Å². The van der Waals surface area contributed by atoms with Crippen LogP contribution in [0.25, 0.3) is 0 Å². The van der Waals surface area contributed by atoms with Crippen molar-refractivity contribution in [2.45, 2.75) is 20.4 Å². The minimum Gasteiger partial charge on any atom is -0.395 e. The van der Waals surface area contributed by atoms with Gasteiger partial charge in [-0.25, -0.2) is 4.99 Å². The summed E-state index contributed by atoms with van der Waals surface area (Å²) in [5.41, 5.74) is 3.31. The lowest BCUT2D eigenvalue weighted by Gasteiger charge is -2.02. The summed E-state index contributed by atoms with van der Waals surface area (Å²) in [4.78, 5) is 5.52. The molecule has 1 aromatic heterocycles. The number of benzene rings is 1. The topological polar surface area (TPSA) is 37.5 Å². The molecule has 1 aromatic carbocycles. The van der Waals surface area contributed by atoms with E-state index in [2.05, 4.69) is 29.4 Å². The molecule has 0 saturated heterocycles. The van der Waals surface area contributed by atoms with Crippen molar-refractivity contribution in [3.05, 3.63) is 45.7 Å². The first-order valence-electron chi connectivity index (χ1n) is 5.58. The molecule has 17 heavy (non-hydrogen) atoms. The number of aryl methyl sites for hydroxylation is 2. The van der Waals surface area contributed by atoms with Crippen molar-refractivity contribution in [2.75, 3.05) is 6.61 Å². The van der Waals surface area contributed by atoms with Crippen LogP contribution in [-0.4, -0.2) is 16.3 Å². The molecule has 3 nitrogen and oxygen atoms in total. The highest BCUT2D eigenvalue weighted by Crippen LogP contribution is 2.12. The van der Waals surface area contributed by atoms with Gasteiger partial charge in [0.1, 0.15) is 0 Å². The molecule has 0 unspecified atom stereocenters. The molecule has 1 heterocycles. The zero-order valence-electron chi connectivity index (χ0n) is 10.1. The summed E-state index contributed by atoms with van der Waals surface area (Å²) in [7, 11) is 0. The lowest BCUT2D eigenvalue weighted by Crippen LogP contribution is -2.17. The second-order valence-electron chi connectivity index (χ2n) is 3.98. The SMILES string of the molecule is Cc1ccc(N=c2scc(C)n2CCO)cc1. The fourth-order valence-electron chi connectivity index (χ4n) is 1.60. The molecule has 0 radical (unpaired) electrons. The molecule has 0 aliphatic rings. The normalized spacial score (nSPS) is 12.1. The molecular weight excluding hydrogens is 232 g/mol. The third-order valence-electron chi connectivity index (χ3n) is 2.57. The number of rotatable bonds is 3. The van der Waals surface area contributed by atoms with Crippen LogP contribution in [0, 0.1) is 13.8 Å². The van der Waals surface area contributed by atoms with Crippen LogP contribution in [0.3, 0.4) is 0 Å². The first-order chi connectivity index (χ1) is 8.20. The first kappa shape index (κ1) is 12.1. The lowest BCUT2D eigenvalue weighted by molar-refractivity contribution is 0.273. The Morgan fingerprint density at radius 3 is 2.59 bits per heavy atom. The molecule has 90 valence electrons. The second kappa shape index (κ2) is 5.29. The predicted octanol–water partition coefficient (Wildman–Crippen LogP) is 2.39. The predicted molar refractivity (Wildman–Crippen MR) is 70.5 cm³/mol. The smallest absolute Gasteiger partial charge is 0.190 e. The largest absolute Gasteiger partial charge is 0.395 e. The van der Waals surface area contributed by atoms with Crippen molar-refractivity contribution in [1.29, 1.82) is 0 Å². The number of aliphatic hydroxyl groups excluding tert-OH is 1. The van der Waals surface area contributed by atoms with E-state index in [9.17, 15) is 0 Å². The molecule has 0 aliphatic heterocycles. The van der Waals surface area contributed by atoms with E-state index in [1.165, 1.54) is 5.56 Å². The van der Waals surface area contributed by atoms with Crippen LogP contribution in [0.2, 0.25) is 0 Å². The number of nitrogens with zero attached hydrogens (tertiary/aromatic N) is 2. The Labute approximate surface area is 105 Å². The number of hydrogen-bond acceptors (Lipinski definition) is 3. The minimum absolute atomic E-state index is 0.138. The van der Waals surface area contributed by atoms with Crippen LogP contribution in [0.5, 0.6) is 0 Å². The average molecular weight is 248 g/mol. The van der Waals surface area contributed by atoms with E-state index in [0.717, 1.165) is 16.2 Å². The van der Waals surface area contributed by atoms with E-state index in [1.54, 1.807) is 11.3 Å². The molecule has 1 N–H and O–H groups in total. The summed E-state index contributed by atoms with van der Waals surface area (Å²) in [6, 6.07) is 8.12. The van der Waals surface area contributed by atoms with Crippen LogP contribution in [-0.2, 0) is 6.54 Å². The third-order valence-corrected chi connectivity index (χ3v) is 3.56. The molecule has 0 aliphatic carbocycles. The summed E-state index contributed by atoms with van der Waals surface area (Å²) in [6.45, 7) is 4.82. The van der Waals surface area contributed by atoms with Gasteiger partial charge >= 0.3 is 0 Å². The monoisotopic (exact) mass is 248 g/mol. The summed E-state index contributed by atoms with van der Waals surface area (Å²) in [5, 5.41) is 11.1. The molecule has 0 fully saturated rings. The van der Waals surface area contributed by atoms with Crippen LogP contribution in [0.15, 0.2) is 34.6 Å². The van der Waals surface area contributed by atoms with Gasteiger partial charge in [0.25, 0.3) is 0 Å². The molecule has 2 aromatic rings. The zero-order valence-corrected chi connectivity index (χ0v) is 10.9. The summed E-state index contributed by atoms with van der Waals surface area (Å²) in [6.07, 6.45) is 0. The standard InChI is InChI=1S/C13H16N2OS/c1-10-3-5-12(6-4-10)14-13-15(7-8-16)11(2)9-17-13/h3-6,9,16H,7-8H2,1-2H3. The van der Waals surface area contributed by atoms with Crippen LogP contribution in [0.1, 0.15) is 11.3 Å². The van der Waals surface area contributed by atoms with Gasteiger partial charge in [-0.05, 0) is 26.0 Å². The lowest BCUT2D eigenvalue weighted by atomic mass is 10.2. The van der Waals surface area contributed by atoms with Crippen LogP contribution < -0.4 is 4.80 Å². The van der Waals surface area contributed by atoms with Gasteiger partial charge in [0.2, 0.25) is 0 Å². The first-order valence-corrected chi connectivity index (χ1v) is 6.46. The molecule has 0 atom stereocenters. The van der Waals surface area contributed by atoms with Crippen molar-refractivity contribution in [2.24, 2.45) is 4.99 Å². The van der Waals surface area contributed by atoms with E-state index in [0.29, 0.717) is 6.54 Å². The Bertz CT molecular complexity index is 552. The fraction of sp³-hybridized carbons (Fsp3) is 0.308. The number of thiazole rings is 1. The highest BCUT2D eigenvalue weighted by molar-refractivity contribution is 7.07. The van der Waals surface area contributed by atoms with Crippen LogP contribution in [0.4, 0.5) is 5.69 Å². The zero-order chi connectivity index (χ0) is 12.3. The van der Waals surface area contributed by atoms with E-state index in [4.69, 9.17) is 5.11 Å². The van der Waals surface area contributed by atoms with Crippen LogP contribution >= 0.6 is 11.3 Å². The van der Waals surface area contributed by atoms with Gasteiger partial charge < -0.3 is 9.67 Å². The van der Waals surface area contributed by atoms with Gasteiger partial charge in [0.05, 0.1) is 12.3 Å². The Hall–Kier alpha value is -1.39. The quantitative estimate of drug-likeness (QED) is 0.889. The Balaban J connectivity index is 2.42. The van der Waals surface area contributed by atoms with E-state index in [-0.39, 0.29) is 6.61 Å². The second-order valence-corrected chi connectivity index (χ2v) is 4.82. The highest BCUT2D eigenvalue weighted by Gasteiger charge is 2.00. The highest BCUT2D eigenvalue weighted by atomic mass is 32.1. The molecule has 0 saturated carbocycles. The molecule has 4 heteroatoms. The summed E-state index contributed by atoms with van der Waals surface area (Å²) >= 11 is 1.60. The Kier molecular flexibility index (Phi) is 3.76. The maximum absolute atomic E-state index is 9.03. The Morgan fingerprint density at radius 1 is 1.24 bits per heavy atom. The molecule has 2 rings (SSSR count). The van der Waals surface area contributed by atoms with Gasteiger partial charge in [0, 0.05) is 17.6 Å². The number of aromatic nitrogens is 1. The van der Waals surface area contributed by atoms with Gasteiger partial charge in [-0.3, -0.25) is 0 Å². The van der Waals surface area contributed by atoms with Gasteiger partial charge in [0.15, 0.2) is 4.80 Å². The molecular formula is C13H16N2OS. The van der Waals surface area contributed by atoms with E-state index in [1.807, 2.05) is 23.6 Å². The molecule has 0 spiro atoms. The van der Waals surface area contributed by atoms with Gasteiger partial charge in [-0.15, -0.1) is 11.3 Å². The summed E-state index contributed by atoms with van der Waals surface area (Å²) in [5.74, 6) is 0. The summed E-state index contributed by atoms with van der Waals surface area (Å²) < 4.78 is 2.03. The maximum Gasteiger partial charge on any atom is 0.190 e. The van der Waals surface area contributed by atoms with Crippen molar-refractivity contribution in [3.63, 3.8) is 0 Å². The fourth-order valence-corrected chi connectivity index (χ4v) is 2.53. The maximum atomic E-state index is 9.03. The van der Waals surface area contributed by atoms with Crippen molar-refractivity contribution in [3.8, 4) is 0 Å². The molecule has 0 bridgehead atoms. The minimum atomic E-state index is 0.138.